The van der Waals surface area contributed by atoms with Gasteiger partial charge in [0.2, 0.25) is 0 Å². The molecule has 0 aliphatic heterocycles. The summed E-state index contributed by atoms with van der Waals surface area (Å²) in [6.45, 7) is 4.72. The van der Waals surface area contributed by atoms with Crippen molar-refractivity contribution in [2.45, 2.75) is 13.8 Å². The summed E-state index contributed by atoms with van der Waals surface area (Å²) in [6.07, 6.45) is 5.86. The van der Waals surface area contributed by atoms with E-state index in [0.717, 1.165) is 22.6 Å². The van der Waals surface area contributed by atoms with Crippen molar-refractivity contribution in [2.75, 3.05) is 18.5 Å². The topological polar surface area (TPSA) is 62.5 Å². The van der Waals surface area contributed by atoms with Gasteiger partial charge in [0.25, 0.3) is 0 Å². The molecule has 23 heavy (non-hydrogen) atoms. The largest absolute Gasteiger partial charge is 0.395 e. The molecule has 2 aromatic heterocycles. The summed E-state index contributed by atoms with van der Waals surface area (Å²) in [4.78, 5) is 4.60. The van der Waals surface area contributed by atoms with E-state index in [1.54, 1.807) is 4.52 Å². The van der Waals surface area contributed by atoms with Gasteiger partial charge in [0, 0.05) is 18.3 Å². The van der Waals surface area contributed by atoms with Crippen molar-refractivity contribution in [3.05, 3.63) is 59.4 Å². The Hall–Kier alpha value is -2.66. The molecule has 3 aromatic rings. The highest BCUT2D eigenvalue weighted by atomic mass is 16.3. The molecule has 5 nitrogen and oxygen atoms in total. The van der Waals surface area contributed by atoms with E-state index in [9.17, 15) is 0 Å². The van der Waals surface area contributed by atoms with Gasteiger partial charge in [0.1, 0.15) is 5.82 Å². The first-order valence-electron chi connectivity index (χ1n) is 7.62. The van der Waals surface area contributed by atoms with Crippen LogP contribution < -0.4 is 5.32 Å². The molecule has 0 aliphatic carbocycles. The van der Waals surface area contributed by atoms with Crippen LogP contribution in [-0.4, -0.2) is 32.9 Å². The molecule has 2 N–H and O–H groups in total. The second kappa shape index (κ2) is 6.62. The molecule has 0 radical (unpaired) electrons. The van der Waals surface area contributed by atoms with Crippen LogP contribution in [0.2, 0.25) is 0 Å². The van der Waals surface area contributed by atoms with Crippen molar-refractivity contribution in [2.24, 2.45) is 0 Å². The highest BCUT2D eigenvalue weighted by Gasteiger charge is 2.09. The molecule has 0 amide bonds. The highest BCUT2D eigenvalue weighted by Crippen LogP contribution is 2.23. The maximum Gasteiger partial charge on any atom is 0.164 e. The maximum atomic E-state index is 8.92. The summed E-state index contributed by atoms with van der Waals surface area (Å²) < 4.78 is 1.76. The van der Waals surface area contributed by atoms with Gasteiger partial charge < -0.3 is 10.4 Å². The maximum absolute atomic E-state index is 8.92. The summed E-state index contributed by atoms with van der Waals surface area (Å²) in [7, 11) is 0. The van der Waals surface area contributed by atoms with Gasteiger partial charge in [-0.2, -0.15) is 5.10 Å². The van der Waals surface area contributed by atoms with Crippen molar-refractivity contribution in [3.8, 4) is 0 Å². The number of nitrogens with zero attached hydrogens (tertiary/aromatic N) is 3. The van der Waals surface area contributed by atoms with E-state index < -0.39 is 0 Å². The lowest BCUT2D eigenvalue weighted by Crippen LogP contribution is -2.07. The van der Waals surface area contributed by atoms with Crippen molar-refractivity contribution in [1.82, 2.24) is 14.6 Å². The van der Waals surface area contributed by atoms with E-state index in [2.05, 4.69) is 47.5 Å². The van der Waals surface area contributed by atoms with Crippen molar-refractivity contribution >= 4 is 23.1 Å². The first kappa shape index (κ1) is 15.2. The first-order chi connectivity index (χ1) is 11.2. The lowest BCUT2D eigenvalue weighted by Gasteiger charge is -2.05. The molecule has 0 fully saturated rings. The summed E-state index contributed by atoms with van der Waals surface area (Å²) in [5.74, 6) is 0.733. The molecule has 0 unspecified atom stereocenters. The van der Waals surface area contributed by atoms with E-state index in [0.29, 0.717) is 6.54 Å². The molecule has 3 rings (SSSR count). The van der Waals surface area contributed by atoms with Gasteiger partial charge >= 0.3 is 0 Å². The molecule has 118 valence electrons. The fraction of sp³-hybridized carbons (Fsp3) is 0.222. The third-order valence-electron chi connectivity index (χ3n) is 3.77. The Bertz CT molecular complexity index is 851. The molecule has 0 atom stereocenters. The minimum Gasteiger partial charge on any atom is -0.395 e. The van der Waals surface area contributed by atoms with Gasteiger partial charge in [-0.25, -0.2) is 9.50 Å². The predicted molar refractivity (Wildman–Crippen MR) is 93.3 cm³/mol. The number of aliphatic hydroxyl groups is 1. The van der Waals surface area contributed by atoms with Crippen LogP contribution in [0.25, 0.3) is 17.3 Å². The third kappa shape index (κ3) is 3.24. The standard InChI is InChI=1S/C18H20N4O/c1-13-5-3-4-6-15(13)11-14(2)16-12-20-22-9-7-17(19-8-10-23)21-18(16)22/h3-7,9,11-12,23H,8,10H2,1-2H3,(H,19,21)/b14-11+. The van der Waals surface area contributed by atoms with Crippen molar-refractivity contribution in [1.29, 1.82) is 0 Å². The van der Waals surface area contributed by atoms with E-state index in [4.69, 9.17) is 5.11 Å². The molecular formula is C18H20N4O. The normalized spacial score (nSPS) is 11.9. The minimum absolute atomic E-state index is 0.0746. The molecule has 0 aliphatic rings. The highest BCUT2D eigenvalue weighted by molar-refractivity contribution is 5.86. The number of aliphatic hydroxyl groups excluding tert-OH is 1. The number of allylic oxidation sites excluding steroid dienone is 1. The number of nitrogens with one attached hydrogen (secondary N) is 1. The van der Waals surface area contributed by atoms with Gasteiger partial charge in [-0.05, 0) is 36.6 Å². The molecule has 5 heteroatoms. The summed E-state index contributed by atoms with van der Waals surface area (Å²) in [6, 6.07) is 10.1. The van der Waals surface area contributed by atoms with E-state index in [1.807, 2.05) is 30.6 Å². The number of hydrogen-bond donors (Lipinski definition) is 2. The number of rotatable bonds is 5. The van der Waals surface area contributed by atoms with Gasteiger partial charge in [-0.15, -0.1) is 0 Å². The zero-order valence-electron chi connectivity index (χ0n) is 13.3. The Morgan fingerprint density at radius 2 is 2.13 bits per heavy atom. The Kier molecular flexibility index (Phi) is 4.39. The molecule has 0 spiro atoms. The zero-order valence-corrected chi connectivity index (χ0v) is 13.3. The number of anilines is 1. The molecule has 1 aromatic carbocycles. The molecular weight excluding hydrogens is 288 g/mol. The summed E-state index contributed by atoms with van der Waals surface area (Å²) >= 11 is 0. The van der Waals surface area contributed by atoms with Crippen LogP contribution in [0.3, 0.4) is 0 Å². The van der Waals surface area contributed by atoms with E-state index in [-0.39, 0.29) is 6.61 Å². The molecule has 0 bridgehead atoms. The lowest BCUT2D eigenvalue weighted by molar-refractivity contribution is 0.311. The Labute approximate surface area is 135 Å². The summed E-state index contributed by atoms with van der Waals surface area (Å²) in [5.41, 5.74) is 5.35. The molecule has 0 saturated carbocycles. The number of hydrogen-bond acceptors (Lipinski definition) is 4. The summed E-state index contributed by atoms with van der Waals surface area (Å²) in [5, 5.41) is 16.4. The quantitative estimate of drug-likeness (QED) is 0.760. The van der Waals surface area contributed by atoms with E-state index in [1.165, 1.54) is 11.1 Å². The smallest absolute Gasteiger partial charge is 0.164 e. The van der Waals surface area contributed by atoms with E-state index >= 15 is 0 Å². The van der Waals surface area contributed by atoms with Gasteiger partial charge in [0.15, 0.2) is 5.65 Å². The fourth-order valence-electron chi connectivity index (χ4n) is 2.49. The SMILES string of the molecule is C/C(=C\c1ccccc1C)c1cnn2ccc(NCCO)nc12. The average molecular weight is 308 g/mol. The third-order valence-corrected chi connectivity index (χ3v) is 3.77. The van der Waals surface area contributed by atoms with Crippen LogP contribution in [-0.2, 0) is 0 Å². The Balaban J connectivity index is 2.00. The second-order valence-electron chi connectivity index (χ2n) is 5.47. The number of benzene rings is 1. The number of fused-ring (bicyclic) bond motifs is 1. The molecule has 2 heterocycles. The number of aromatic nitrogens is 3. The van der Waals surface area contributed by atoms with Gasteiger partial charge in [-0.1, -0.05) is 30.3 Å². The first-order valence-corrected chi connectivity index (χ1v) is 7.62. The zero-order chi connectivity index (χ0) is 16.2. The predicted octanol–water partition coefficient (Wildman–Crippen LogP) is 3.00. The van der Waals surface area contributed by atoms with Crippen LogP contribution in [0.5, 0.6) is 0 Å². The van der Waals surface area contributed by atoms with Crippen LogP contribution >= 0.6 is 0 Å². The molecule has 0 saturated heterocycles. The van der Waals surface area contributed by atoms with Gasteiger partial charge in [-0.3, -0.25) is 0 Å². The van der Waals surface area contributed by atoms with Crippen molar-refractivity contribution < 1.29 is 5.11 Å². The minimum atomic E-state index is 0.0746. The van der Waals surface area contributed by atoms with Crippen LogP contribution in [0, 0.1) is 6.92 Å². The average Bonchev–Trinajstić information content (AvgIpc) is 2.98. The fourth-order valence-corrected chi connectivity index (χ4v) is 2.49. The Morgan fingerprint density at radius 3 is 2.91 bits per heavy atom. The van der Waals surface area contributed by atoms with Crippen molar-refractivity contribution in [3.63, 3.8) is 0 Å². The van der Waals surface area contributed by atoms with Crippen LogP contribution in [0.1, 0.15) is 23.6 Å². The second-order valence-corrected chi connectivity index (χ2v) is 5.47. The van der Waals surface area contributed by atoms with Crippen LogP contribution in [0.15, 0.2) is 42.7 Å². The van der Waals surface area contributed by atoms with Gasteiger partial charge in [0.05, 0.1) is 12.8 Å². The Morgan fingerprint density at radius 1 is 1.30 bits per heavy atom. The lowest BCUT2D eigenvalue weighted by atomic mass is 10.0. The number of aryl methyl sites for hydroxylation is 1. The van der Waals surface area contributed by atoms with Crippen LogP contribution in [0.4, 0.5) is 5.82 Å². The monoisotopic (exact) mass is 308 g/mol.